The van der Waals surface area contributed by atoms with Crippen molar-refractivity contribution in [3.05, 3.63) is 61.2 Å². The van der Waals surface area contributed by atoms with Crippen LogP contribution in [0.25, 0.3) is 0 Å². The molecule has 3 amide bonds. The Kier molecular flexibility index (Phi) is 13.1. The number of ether oxygens (including phenoxy) is 3. The second-order valence-corrected chi connectivity index (χ2v) is 15.9. The second kappa shape index (κ2) is 16.5. The van der Waals surface area contributed by atoms with E-state index in [4.69, 9.17) is 14.2 Å². The molecule has 2 N–H and O–H groups in total. The number of esters is 1. The van der Waals surface area contributed by atoms with E-state index in [1.165, 1.54) is 12.0 Å². The average molecular weight is 761 g/mol. The highest BCUT2D eigenvalue weighted by molar-refractivity contribution is 9.09. The minimum Gasteiger partial charge on any atom is -0.455 e. The number of halogens is 1. The lowest BCUT2D eigenvalue weighted by Gasteiger charge is -2.44. The molecule has 10 atom stereocenters. The number of carbonyl (C=O) groups excluding carboxylic acids is 4. The first-order valence-electron chi connectivity index (χ1n) is 17.5. The molecule has 11 nitrogen and oxygen atoms in total. The number of carbonyl (C=O) groups is 4. The lowest BCUT2D eigenvalue weighted by molar-refractivity contribution is -0.164. The van der Waals surface area contributed by atoms with Crippen LogP contribution in [0.15, 0.2) is 55.6 Å². The van der Waals surface area contributed by atoms with E-state index in [-0.39, 0.29) is 48.7 Å². The van der Waals surface area contributed by atoms with Gasteiger partial charge in [0.15, 0.2) is 0 Å². The highest BCUT2D eigenvalue weighted by Crippen LogP contribution is 2.61. The number of benzene rings is 1. The van der Waals surface area contributed by atoms with Crippen LogP contribution < -0.4 is 5.32 Å². The van der Waals surface area contributed by atoms with Gasteiger partial charge in [-0.3, -0.25) is 19.2 Å². The normalized spacial score (nSPS) is 28.0. The molecule has 276 valence electrons. The van der Waals surface area contributed by atoms with Gasteiger partial charge in [-0.2, -0.15) is 0 Å². The van der Waals surface area contributed by atoms with Crippen LogP contribution in [-0.2, 0) is 33.4 Å². The minimum atomic E-state index is -1.35. The van der Waals surface area contributed by atoms with E-state index in [2.05, 4.69) is 34.4 Å². The Balaban J connectivity index is 1.80. The highest BCUT2D eigenvalue weighted by atomic mass is 79.9. The summed E-state index contributed by atoms with van der Waals surface area (Å²) in [5.74, 6) is -3.92. The van der Waals surface area contributed by atoms with Crippen LogP contribution >= 0.6 is 15.9 Å². The molecule has 0 aliphatic carbocycles. The Labute approximate surface area is 304 Å². The number of allylic oxidation sites excluding steroid dienone is 1. The molecule has 3 aliphatic rings. The van der Waals surface area contributed by atoms with Gasteiger partial charge < -0.3 is 34.4 Å². The van der Waals surface area contributed by atoms with Crippen molar-refractivity contribution < 1.29 is 38.5 Å². The number of methoxy groups -OCH3 is 1. The van der Waals surface area contributed by atoms with Crippen LogP contribution in [0.1, 0.15) is 72.0 Å². The van der Waals surface area contributed by atoms with Gasteiger partial charge >= 0.3 is 5.97 Å². The summed E-state index contributed by atoms with van der Waals surface area (Å²) >= 11 is 3.74. The molecular weight excluding hydrogens is 706 g/mol. The van der Waals surface area contributed by atoms with Gasteiger partial charge in [-0.25, -0.2) is 0 Å². The quantitative estimate of drug-likeness (QED) is 0.136. The van der Waals surface area contributed by atoms with Crippen molar-refractivity contribution in [3.8, 4) is 0 Å². The maximum Gasteiger partial charge on any atom is 0.313 e. The molecule has 50 heavy (non-hydrogen) atoms. The molecule has 12 heteroatoms. The fourth-order valence-corrected chi connectivity index (χ4v) is 8.83. The predicted octanol–water partition coefficient (Wildman–Crippen LogP) is 4.34. The molecule has 1 spiro atoms. The fraction of sp³-hybridized carbons (Fsp3) is 0.632. The largest absolute Gasteiger partial charge is 0.455 e. The van der Waals surface area contributed by atoms with E-state index in [0.29, 0.717) is 24.8 Å². The topological polar surface area (TPSA) is 135 Å². The molecule has 3 fully saturated rings. The molecular formula is C38H54BrN3O8. The number of nitrogens with zero attached hydrogens (tertiary/aromatic N) is 2. The van der Waals surface area contributed by atoms with Gasteiger partial charge in [0.25, 0.3) is 0 Å². The van der Waals surface area contributed by atoms with Gasteiger partial charge in [0, 0.05) is 30.4 Å². The first kappa shape index (κ1) is 39.7. The van der Waals surface area contributed by atoms with E-state index in [1.807, 2.05) is 52.8 Å². The third-order valence-electron chi connectivity index (χ3n) is 10.5. The van der Waals surface area contributed by atoms with Crippen molar-refractivity contribution in [1.82, 2.24) is 15.1 Å². The van der Waals surface area contributed by atoms with Gasteiger partial charge in [0.05, 0.1) is 43.2 Å². The zero-order valence-electron chi connectivity index (χ0n) is 30.2. The summed E-state index contributed by atoms with van der Waals surface area (Å²) in [5, 5.41) is 13.7. The van der Waals surface area contributed by atoms with Crippen molar-refractivity contribution in [2.45, 2.75) is 107 Å². The summed E-state index contributed by atoms with van der Waals surface area (Å²) in [6, 6.07) is 6.54. The number of aliphatic hydroxyl groups excluding tert-OH is 1. The molecule has 1 unspecified atom stereocenters. The van der Waals surface area contributed by atoms with Gasteiger partial charge in [-0.1, -0.05) is 78.7 Å². The number of aliphatic hydroxyl groups is 1. The number of nitrogens with one attached hydrogen (secondary N) is 1. The zero-order chi connectivity index (χ0) is 37.0. The van der Waals surface area contributed by atoms with Crippen LogP contribution in [0.4, 0.5) is 0 Å². The number of rotatable bonds is 17. The Bertz CT molecular complexity index is 1400. The van der Waals surface area contributed by atoms with Gasteiger partial charge in [-0.05, 0) is 45.1 Å². The van der Waals surface area contributed by atoms with Crippen LogP contribution in [-0.4, -0.2) is 106 Å². The smallest absolute Gasteiger partial charge is 0.313 e. The van der Waals surface area contributed by atoms with Gasteiger partial charge in [0.1, 0.15) is 17.7 Å². The van der Waals surface area contributed by atoms with E-state index < -0.39 is 65.2 Å². The first-order valence-corrected chi connectivity index (χ1v) is 18.5. The number of hydrogen-bond acceptors (Lipinski definition) is 8. The Morgan fingerprint density at radius 2 is 1.90 bits per heavy atom. The molecule has 3 aliphatic heterocycles. The standard InChI is InChI=1S/C38H54BrN3O8/c1-9-12-18-28(44)40-26(22-48-8)31(24-16-14-13-15-17-24)49-36(47)29-30-34(45)42(27(21-43)23(4)11-3)33(38(30)20-25(39)32(29)50-38)35(46)41(19-10-2)37(5,6)7/h9-10,13-17,23,25-27,29-33,43H,1-2,11-12,18-22H2,3-8H3,(H,40,44)/t23-,25?,26+,27-,29-,30+,31+,32-,33-,38+/m0/s1. The number of hydrogen-bond donors (Lipinski definition) is 2. The minimum absolute atomic E-state index is 0.0496. The lowest BCUT2D eigenvalue weighted by Crippen LogP contribution is -2.62. The molecule has 4 rings (SSSR count). The van der Waals surface area contributed by atoms with Crippen molar-refractivity contribution in [3.63, 3.8) is 0 Å². The summed E-state index contributed by atoms with van der Waals surface area (Å²) in [5.41, 5.74) is -1.34. The molecule has 0 radical (unpaired) electrons. The van der Waals surface area contributed by atoms with Gasteiger partial charge in [0.2, 0.25) is 17.7 Å². The van der Waals surface area contributed by atoms with Crippen LogP contribution in [0.5, 0.6) is 0 Å². The number of likely N-dealkylation sites (tertiary alicyclic amines) is 1. The summed E-state index contributed by atoms with van der Waals surface area (Å²) in [7, 11) is 1.50. The first-order chi connectivity index (χ1) is 23.7. The molecule has 3 saturated heterocycles. The number of fused-ring (bicyclic) bond motifs is 1. The van der Waals surface area contributed by atoms with Crippen molar-refractivity contribution >= 4 is 39.6 Å². The molecule has 1 aromatic rings. The van der Waals surface area contributed by atoms with E-state index >= 15 is 0 Å². The summed E-state index contributed by atoms with van der Waals surface area (Å²) < 4.78 is 18.6. The van der Waals surface area contributed by atoms with Crippen molar-refractivity contribution in [2.75, 3.05) is 26.9 Å². The third-order valence-corrected chi connectivity index (χ3v) is 11.3. The highest BCUT2D eigenvalue weighted by Gasteiger charge is 2.78. The summed E-state index contributed by atoms with van der Waals surface area (Å²) in [4.78, 5) is 60.0. The van der Waals surface area contributed by atoms with Crippen molar-refractivity contribution in [2.24, 2.45) is 17.8 Å². The lowest BCUT2D eigenvalue weighted by atomic mass is 9.70. The predicted molar refractivity (Wildman–Crippen MR) is 193 cm³/mol. The second-order valence-electron chi connectivity index (χ2n) is 14.7. The Morgan fingerprint density at radius 3 is 2.46 bits per heavy atom. The molecule has 3 heterocycles. The maximum atomic E-state index is 14.8. The van der Waals surface area contributed by atoms with Crippen molar-refractivity contribution in [1.29, 1.82) is 0 Å². The van der Waals surface area contributed by atoms with Crippen LogP contribution in [0, 0.1) is 17.8 Å². The molecule has 1 aromatic carbocycles. The molecule has 0 aromatic heterocycles. The van der Waals surface area contributed by atoms with Crippen LogP contribution in [0.2, 0.25) is 0 Å². The number of alkyl halides is 1. The maximum absolute atomic E-state index is 14.8. The SMILES string of the molecule is C=CCCC(=O)N[C@H](COC)[C@H](OC(=O)[C@@H]1[C@H]2O[C@@]3(CC2Br)[C@H](C(=O)N(CC=C)C(C)(C)C)N([C@@H](CO)[C@@H](C)CC)C(=O)[C@@H]13)c1ccccc1. The third kappa shape index (κ3) is 7.59. The summed E-state index contributed by atoms with van der Waals surface area (Å²) in [6.07, 6.45) is 3.22. The average Bonchev–Trinajstić information content (AvgIpc) is 3.68. The Hall–Kier alpha value is -3.06. The summed E-state index contributed by atoms with van der Waals surface area (Å²) in [6.45, 7) is 17.1. The van der Waals surface area contributed by atoms with E-state index in [1.54, 1.807) is 29.2 Å². The van der Waals surface area contributed by atoms with Gasteiger partial charge in [-0.15, -0.1) is 13.2 Å². The molecule has 2 bridgehead atoms. The number of amides is 3. The molecule has 0 saturated carbocycles. The monoisotopic (exact) mass is 759 g/mol. The van der Waals surface area contributed by atoms with Crippen LogP contribution in [0.3, 0.4) is 0 Å². The van der Waals surface area contributed by atoms with E-state index in [9.17, 15) is 24.3 Å². The zero-order valence-corrected chi connectivity index (χ0v) is 31.8. The van der Waals surface area contributed by atoms with E-state index in [0.717, 1.165) is 0 Å². The Morgan fingerprint density at radius 1 is 1.22 bits per heavy atom. The fourth-order valence-electron chi connectivity index (χ4n) is 7.88.